The third-order valence-electron chi connectivity index (χ3n) is 4.24. The lowest BCUT2D eigenvalue weighted by atomic mass is 10.3. The standard InChI is InChI=1S/C16H16F2N6O/c17-16(18)9(19)1-2-14-20-7-11(23-14)10-5-15(22-8-21-10)24-3-4-25-13-6-12(13)24/h1-2,5,7-8,12-13,16,19H,3-4,6H2,(H,20,23)/b2-1-,19-9?. The van der Waals surface area contributed by atoms with Gasteiger partial charge >= 0.3 is 0 Å². The van der Waals surface area contributed by atoms with Crippen molar-refractivity contribution in [2.45, 2.75) is 25.0 Å². The van der Waals surface area contributed by atoms with E-state index in [-0.39, 0.29) is 0 Å². The second kappa shape index (κ2) is 6.32. The Morgan fingerprint density at radius 2 is 2.28 bits per heavy atom. The average molecular weight is 346 g/mol. The molecule has 4 rings (SSSR count). The molecule has 3 heterocycles. The highest BCUT2D eigenvalue weighted by atomic mass is 19.3. The van der Waals surface area contributed by atoms with Crippen LogP contribution >= 0.6 is 0 Å². The van der Waals surface area contributed by atoms with Crippen molar-refractivity contribution in [1.29, 1.82) is 5.41 Å². The number of allylic oxidation sites excluding steroid dienone is 1. The van der Waals surface area contributed by atoms with E-state index in [0.717, 1.165) is 24.9 Å². The highest BCUT2D eigenvalue weighted by Gasteiger charge is 2.46. The maximum atomic E-state index is 12.3. The molecule has 0 amide bonds. The highest BCUT2D eigenvalue weighted by molar-refractivity contribution is 5.97. The van der Waals surface area contributed by atoms with Crippen molar-refractivity contribution in [2.24, 2.45) is 0 Å². The van der Waals surface area contributed by atoms with Crippen molar-refractivity contribution in [3.05, 3.63) is 30.5 Å². The van der Waals surface area contributed by atoms with Crippen molar-refractivity contribution in [3.63, 3.8) is 0 Å². The van der Waals surface area contributed by atoms with Crippen molar-refractivity contribution in [1.82, 2.24) is 19.9 Å². The number of alkyl halides is 2. The first-order valence-electron chi connectivity index (χ1n) is 7.92. The lowest BCUT2D eigenvalue weighted by Gasteiger charge is -2.27. The molecule has 7 nitrogen and oxygen atoms in total. The molecule has 2 atom stereocenters. The molecular formula is C16H16F2N6O. The first-order valence-corrected chi connectivity index (χ1v) is 7.92. The first-order chi connectivity index (χ1) is 12.1. The van der Waals surface area contributed by atoms with E-state index in [4.69, 9.17) is 10.1 Å². The van der Waals surface area contributed by atoms with Crippen LogP contribution < -0.4 is 4.90 Å². The summed E-state index contributed by atoms with van der Waals surface area (Å²) in [5, 5.41) is 7.11. The quantitative estimate of drug-likeness (QED) is 0.810. The van der Waals surface area contributed by atoms with Gasteiger partial charge in [-0.25, -0.2) is 23.7 Å². The Balaban J connectivity index is 1.52. The Morgan fingerprint density at radius 3 is 3.12 bits per heavy atom. The van der Waals surface area contributed by atoms with E-state index in [1.54, 1.807) is 6.20 Å². The summed E-state index contributed by atoms with van der Waals surface area (Å²) in [6.45, 7) is 1.49. The predicted octanol–water partition coefficient (Wildman–Crippen LogP) is 2.14. The van der Waals surface area contributed by atoms with Crippen LogP contribution in [-0.4, -0.2) is 57.4 Å². The predicted molar refractivity (Wildman–Crippen MR) is 87.9 cm³/mol. The topological polar surface area (TPSA) is 90.8 Å². The summed E-state index contributed by atoms with van der Waals surface area (Å²) < 4.78 is 30.2. The molecule has 0 aromatic carbocycles. The molecule has 130 valence electrons. The van der Waals surface area contributed by atoms with Gasteiger partial charge in [0, 0.05) is 12.6 Å². The largest absolute Gasteiger partial charge is 0.374 e. The van der Waals surface area contributed by atoms with Crippen LogP contribution in [-0.2, 0) is 4.74 Å². The minimum atomic E-state index is -2.80. The van der Waals surface area contributed by atoms with Gasteiger partial charge in [-0.2, -0.15) is 0 Å². The van der Waals surface area contributed by atoms with E-state index in [2.05, 4.69) is 24.8 Å². The summed E-state index contributed by atoms with van der Waals surface area (Å²) in [6.07, 6.45) is 3.98. The van der Waals surface area contributed by atoms with E-state index < -0.39 is 12.1 Å². The summed E-state index contributed by atoms with van der Waals surface area (Å²) in [7, 11) is 0. The van der Waals surface area contributed by atoms with Crippen LogP contribution in [0.2, 0.25) is 0 Å². The van der Waals surface area contributed by atoms with Crippen LogP contribution in [0.5, 0.6) is 0 Å². The number of nitrogens with one attached hydrogen (secondary N) is 2. The number of rotatable bonds is 5. The number of ether oxygens (including phenoxy) is 1. The number of nitrogens with zero attached hydrogens (tertiary/aromatic N) is 4. The fourth-order valence-corrected chi connectivity index (χ4v) is 2.86. The smallest absolute Gasteiger partial charge is 0.279 e. The van der Waals surface area contributed by atoms with Gasteiger partial charge in [0.05, 0.1) is 42.0 Å². The number of H-pyrrole nitrogens is 1. The SMILES string of the molecule is N=C(/C=C\c1ncc(-c2cc(N3CCOC4CC43)ncn2)[nH]1)C(F)F. The average Bonchev–Trinajstić information content (AvgIpc) is 3.27. The van der Waals surface area contributed by atoms with Crippen molar-refractivity contribution in [2.75, 3.05) is 18.1 Å². The number of hydrogen-bond acceptors (Lipinski definition) is 6. The number of aromatic nitrogens is 4. The Kier molecular flexibility index (Phi) is 4.00. The van der Waals surface area contributed by atoms with Crippen molar-refractivity contribution >= 4 is 17.6 Å². The molecule has 1 saturated carbocycles. The maximum absolute atomic E-state index is 12.3. The van der Waals surface area contributed by atoms with Gasteiger partial charge in [0.25, 0.3) is 6.43 Å². The molecule has 2 fully saturated rings. The molecule has 9 heteroatoms. The molecule has 0 spiro atoms. The molecule has 2 unspecified atom stereocenters. The molecular weight excluding hydrogens is 330 g/mol. The van der Waals surface area contributed by atoms with E-state index >= 15 is 0 Å². The minimum Gasteiger partial charge on any atom is -0.374 e. The second-order valence-electron chi connectivity index (χ2n) is 5.94. The molecule has 1 aliphatic heterocycles. The maximum Gasteiger partial charge on any atom is 0.279 e. The number of morpholine rings is 1. The zero-order chi connectivity index (χ0) is 17.4. The number of halogens is 2. The minimum absolute atomic E-state index is 0.307. The normalized spacial score (nSPS) is 22.4. The van der Waals surface area contributed by atoms with E-state index in [1.807, 2.05) is 6.07 Å². The van der Waals surface area contributed by atoms with Gasteiger partial charge in [0.1, 0.15) is 18.0 Å². The van der Waals surface area contributed by atoms with Gasteiger partial charge in [-0.15, -0.1) is 0 Å². The van der Waals surface area contributed by atoms with E-state index in [0.29, 0.717) is 36.0 Å². The molecule has 2 aliphatic rings. The van der Waals surface area contributed by atoms with Crippen LogP contribution in [0.4, 0.5) is 14.6 Å². The molecule has 2 aromatic rings. The molecule has 1 aliphatic carbocycles. The fraction of sp³-hybridized carbons (Fsp3) is 0.375. The van der Waals surface area contributed by atoms with Crippen LogP contribution in [0.1, 0.15) is 12.2 Å². The zero-order valence-electron chi connectivity index (χ0n) is 13.2. The summed E-state index contributed by atoms with van der Waals surface area (Å²) in [4.78, 5) is 17.9. The van der Waals surface area contributed by atoms with Gasteiger partial charge in [0.15, 0.2) is 0 Å². The number of imidazole rings is 1. The molecule has 25 heavy (non-hydrogen) atoms. The second-order valence-corrected chi connectivity index (χ2v) is 5.94. The summed E-state index contributed by atoms with van der Waals surface area (Å²) in [5.41, 5.74) is 0.575. The zero-order valence-corrected chi connectivity index (χ0v) is 13.2. The van der Waals surface area contributed by atoms with Gasteiger partial charge in [-0.3, -0.25) is 5.41 Å². The summed E-state index contributed by atoms with van der Waals surface area (Å²) >= 11 is 0. The molecule has 0 bridgehead atoms. The summed E-state index contributed by atoms with van der Waals surface area (Å²) in [5.74, 6) is 1.22. The van der Waals surface area contributed by atoms with Crippen LogP contribution in [0.3, 0.4) is 0 Å². The number of hydrogen-bond donors (Lipinski definition) is 2. The van der Waals surface area contributed by atoms with Crippen LogP contribution in [0.15, 0.2) is 24.7 Å². The number of fused-ring (bicyclic) bond motifs is 1. The third kappa shape index (κ3) is 3.27. The van der Waals surface area contributed by atoms with Crippen LogP contribution in [0.25, 0.3) is 17.5 Å². The fourth-order valence-electron chi connectivity index (χ4n) is 2.86. The Hall–Kier alpha value is -2.68. The first kappa shape index (κ1) is 15.8. The Bertz CT molecular complexity index is 820. The van der Waals surface area contributed by atoms with Crippen molar-refractivity contribution in [3.8, 4) is 11.4 Å². The molecule has 1 saturated heterocycles. The number of anilines is 1. The van der Waals surface area contributed by atoms with Gasteiger partial charge < -0.3 is 14.6 Å². The van der Waals surface area contributed by atoms with E-state index in [1.165, 1.54) is 12.4 Å². The lowest BCUT2D eigenvalue weighted by Crippen LogP contribution is -2.37. The number of aromatic amines is 1. The molecule has 2 N–H and O–H groups in total. The lowest BCUT2D eigenvalue weighted by molar-refractivity contribution is 0.103. The molecule has 2 aromatic heterocycles. The molecule has 0 radical (unpaired) electrons. The summed E-state index contributed by atoms with van der Waals surface area (Å²) in [6, 6.07) is 2.26. The van der Waals surface area contributed by atoms with Crippen molar-refractivity contribution < 1.29 is 13.5 Å². The monoisotopic (exact) mass is 346 g/mol. The van der Waals surface area contributed by atoms with Gasteiger partial charge in [0.2, 0.25) is 0 Å². The van der Waals surface area contributed by atoms with Gasteiger partial charge in [-0.05, 0) is 18.6 Å². The third-order valence-corrected chi connectivity index (χ3v) is 4.24. The van der Waals surface area contributed by atoms with Crippen LogP contribution in [0, 0.1) is 5.41 Å². The Labute approximate surface area is 142 Å². The van der Waals surface area contributed by atoms with Gasteiger partial charge in [-0.1, -0.05) is 0 Å². The van der Waals surface area contributed by atoms with E-state index in [9.17, 15) is 8.78 Å². The highest BCUT2D eigenvalue weighted by Crippen LogP contribution is 2.37. The Morgan fingerprint density at radius 1 is 1.40 bits per heavy atom.